The Kier molecular flexibility index (Phi) is 4.34. The van der Waals surface area contributed by atoms with E-state index in [4.69, 9.17) is 17.3 Å². The highest BCUT2D eigenvalue weighted by atomic mass is 35.5. The number of nitrogens with two attached hydrogens (primary N) is 1. The second kappa shape index (κ2) is 5.63. The minimum atomic E-state index is -0.219. The molecule has 1 atom stereocenters. The fraction of sp³-hybridized carbons (Fsp3) is 0.625. The molecule has 0 bridgehead atoms. The van der Waals surface area contributed by atoms with Crippen molar-refractivity contribution in [3.63, 3.8) is 0 Å². The van der Waals surface area contributed by atoms with E-state index >= 15 is 0 Å². The first-order valence-electron chi connectivity index (χ1n) is 7.09. The van der Waals surface area contributed by atoms with Crippen molar-refractivity contribution >= 4 is 11.6 Å². The first-order chi connectivity index (χ1) is 8.54. The lowest BCUT2D eigenvalue weighted by atomic mass is 9.70. The lowest BCUT2D eigenvalue weighted by Gasteiger charge is -2.39. The van der Waals surface area contributed by atoms with Gasteiger partial charge >= 0.3 is 0 Å². The summed E-state index contributed by atoms with van der Waals surface area (Å²) in [6.07, 6.45) is 6.50. The van der Waals surface area contributed by atoms with Crippen LogP contribution in [0.3, 0.4) is 0 Å². The first-order valence-corrected chi connectivity index (χ1v) is 7.46. The molecule has 1 saturated carbocycles. The Balaban J connectivity index is 2.09. The highest BCUT2D eigenvalue weighted by Gasteiger charge is 2.34. The van der Waals surface area contributed by atoms with Gasteiger partial charge in [-0.25, -0.2) is 0 Å². The van der Waals surface area contributed by atoms with E-state index < -0.39 is 0 Å². The van der Waals surface area contributed by atoms with Crippen molar-refractivity contribution in [2.75, 3.05) is 0 Å². The molecule has 2 N–H and O–H groups in total. The summed E-state index contributed by atoms with van der Waals surface area (Å²) in [4.78, 5) is 0. The summed E-state index contributed by atoms with van der Waals surface area (Å²) in [5.41, 5.74) is 7.60. The van der Waals surface area contributed by atoms with Crippen LogP contribution in [0.2, 0.25) is 5.02 Å². The summed E-state index contributed by atoms with van der Waals surface area (Å²) in [5.74, 6) is 1.52. The molecular weight excluding hydrogens is 242 g/mol. The molecule has 2 heteroatoms. The van der Waals surface area contributed by atoms with Crippen molar-refractivity contribution in [2.45, 2.75) is 51.5 Å². The summed E-state index contributed by atoms with van der Waals surface area (Å²) >= 11 is 5.94. The molecule has 100 valence electrons. The molecule has 2 rings (SSSR count). The van der Waals surface area contributed by atoms with Crippen LogP contribution in [0.25, 0.3) is 0 Å². The average Bonchev–Trinajstić information content (AvgIpc) is 2.39. The van der Waals surface area contributed by atoms with Gasteiger partial charge in [0.05, 0.1) is 0 Å². The predicted molar refractivity (Wildman–Crippen MR) is 78.7 cm³/mol. The highest BCUT2D eigenvalue weighted by Crippen LogP contribution is 2.40. The maximum absolute atomic E-state index is 6.61. The van der Waals surface area contributed by atoms with Crippen LogP contribution < -0.4 is 5.73 Å². The Morgan fingerprint density at radius 1 is 1.17 bits per heavy atom. The van der Waals surface area contributed by atoms with Crippen LogP contribution in [-0.4, -0.2) is 0 Å². The largest absolute Gasteiger partial charge is 0.321 e. The Labute approximate surface area is 116 Å². The van der Waals surface area contributed by atoms with Gasteiger partial charge in [-0.15, -0.1) is 0 Å². The monoisotopic (exact) mass is 265 g/mol. The van der Waals surface area contributed by atoms with Gasteiger partial charge in [0.15, 0.2) is 0 Å². The number of rotatable bonds is 3. The minimum Gasteiger partial charge on any atom is -0.321 e. The zero-order chi connectivity index (χ0) is 13.2. The quantitative estimate of drug-likeness (QED) is 0.840. The Hall–Kier alpha value is -0.530. The molecule has 0 amide bonds. The van der Waals surface area contributed by atoms with E-state index in [-0.39, 0.29) is 5.54 Å². The summed E-state index contributed by atoms with van der Waals surface area (Å²) in [7, 11) is 0. The van der Waals surface area contributed by atoms with Gasteiger partial charge in [0.1, 0.15) is 0 Å². The first kappa shape index (κ1) is 13.9. The number of hydrogen-bond donors (Lipinski definition) is 1. The van der Waals surface area contributed by atoms with E-state index in [9.17, 15) is 0 Å². The van der Waals surface area contributed by atoms with E-state index in [0.717, 1.165) is 10.9 Å². The Morgan fingerprint density at radius 2 is 1.72 bits per heavy atom. The average molecular weight is 266 g/mol. The second-order valence-corrected chi connectivity index (χ2v) is 6.35. The predicted octanol–water partition coefficient (Wildman–Crippen LogP) is 4.73. The third-order valence-corrected chi connectivity index (χ3v) is 4.99. The van der Waals surface area contributed by atoms with E-state index in [1.807, 2.05) is 12.1 Å². The van der Waals surface area contributed by atoms with Crippen LogP contribution in [0.5, 0.6) is 0 Å². The molecule has 1 nitrogen and oxygen atoms in total. The fourth-order valence-electron chi connectivity index (χ4n) is 3.22. The SMILES string of the molecule is CCC1CCC(C(C)(N)c2ccc(Cl)cc2)CC1. The zero-order valence-electron chi connectivity index (χ0n) is 11.5. The second-order valence-electron chi connectivity index (χ2n) is 5.92. The summed E-state index contributed by atoms with van der Waals surface area (Å²) < 4.78 is 0. The molecule has 0 spiro atoms. The molecule has 1 aromatic rings. The van der Waals surface area contributed by atoms with Gasteiger partial charge in [-0.2, -0.15) is 0 Å². The van der Waals surface area contributed by atoms with Crippen molar-refractivity contribution < 1.29 is 0 Å². The maximum atomic E-state index is 6.61. The van der Waals surface area contributed by atoms with Crippen molar-refractivity contribution in [1.82, 2.24) is 0 Å². The molecule has 0 aromatic heterocycles. The molecule has 0 aliphatic heterocycles. The number of halogens is 1. The number of hydrogen-bond acceptors (Lipinski definition) is 1. The molecular formula is C16H24ClN. The topological polar surface area (TPSA) is 26.0 Å². The molecule has 0 heterocycles. The molecule has 1 fully saturated rings. The van der Waals surface area contributed by atoms with Crippen molar-refractivity contribution in [3.05, 3.63) is 34.9 Å². The molecule has 18 heavy (non-hydrogen) atoms. The van der Waals surface area contributed by atoms with Crippen LogP contribution >= 0.6 is 11.6 Å². The lowest BCUT2D eigenvalue weighted by Crippen LogP contribution is -2.42. The summed E-state index contributed by atoms with van der Waals surface area (Å²) in [6, 6.07) is 8.04. The van der Waals surface area contributed by atoms with Crippen LogP contribution in [-0.2, 0) is 5.54 Å². The third kappa shape index (κ3) is 2.89. The molecule has 1 unspecified atom stereocenters. The molecule has 0 saturated heterocycles. The molecule has 0 radical (unpaired) electrons. The smallest absolute Gasteiger partial charge is 0.0409 e. The highest BCUT2D eigenvalue weighted by molar-refractivity contribution is 6.30. The van der Waals surface area contributed by atoms with Gasteiger partial charge in [-0.05, 0) is 49.3 Å². The van der Waals surface area contributed by atoms with Crippen LogP contribution in [0.15, 0.2) is 24.3 Å². The molecule has 1 aliphatic carbocycles. The standard InChI is InChI=1S/C16H24ClN/c1-3-12-4-6-13(7-5-12)16(2,18)14-8-10-15(17)11-9-14/h8-13H,3-7,18H2,1-2H3. The summed E-state index contributed by atoms with van der Waals surface area (Å²) in [6.45, 7) is 4.47. The fourth-order valence-corrected chi connectivity index (χ4v) is 3.34. The Morgan fingerprint density at radius 3 is 2.22 bits per heavy atom. The maximum Gasteiger partial charge on any atom is 0.0409 e. The normalized spacial score (nSPS) is 27.8. The minimum absolute atomic E-state index is 0.219. The van der Waals surface area contributed by atoms with Crippen molar-refractivity contribution in [2.24, 2.45) is 17.6 Å². The van der Waals surface area contributed by atoms with Crippen LogP contribution in [0.4, 0.5) is 0 Å². The van der Waals surface area contributed by atoms with Crippen molar-refractivity contribution in [1.29, 1.82) is 0 Å². The van der Waals surface area contributed by atoms with E-state index in [1.54, 1.807) is 0 Å². The van der Waals surface area contributed by atoms with Crippen LogP contribution in [0, 0.1) is 11.8 Å². The Bertz CT molecular complexity index is 375. The third-order valence-electron chi connectivity index (χ3n) is 4.74. The van der Waals surface area contributed by atoms with Gasteiger partial charge in [0.25, 0.3) is 0 Å². The van der Waals surface area contributed by atoms with E-state index in [2.05, 4.69) is 26.0 Å². The van der Waals surface area contributed by atoms with E-state index in [1.165, 1.54) is 37.7 Å². The summed E-state index contributed by atoms with van der Waals surface area (Å²) in [5, 5.41) is 0.782. The molecule has 1 aliphatic rings. The lowest BCUT2D eigenvalue weighted by molar-refractivity contribution is 0.183. The zero-order valence-corrected chi connectivity index (χ0v) is 12.2. The van der Waals surface area contributed by atoms with Gasteiger partial charge in [0, 0.05) is 10.6 Å². The van der Waals surface area contributed by atoms with Crippen molar-refractivity contribution in [3.8, 4) is 0 Å². The molecule has 1 aromatic carbocycles. The van der Waals surface area contributed by atoms with Gasteiger partial charge < -0.3 is 5.73 Å². The van der Waals surface area contributed by atoms with E-state index in [0.29, 0.717) is 5.92 Å². The number of benzene rings is 1. The van der Waals surface area contributed by atoms with Gasteiger partial charge in [-0.3, -0.25) is 0 Å². The van der Waals surface area contributed by atoms with Crippen LogP contribution in [0.1, 0.15) is 51.5 Å². The van der Waals surface area contributed by atoms with Gasteiger partial charge in [0.2, 0.25) is 0 Å². The van der Waals surface area contributed by atoms with Gasteiger partial charge in [-0.1, -0.05) is 49.9 Å².